The molecular formula is C26H22ClNO5. The topological polar surface area (TPSA) is 87.1 Å². The molecule has 0 saturated heterocycles. The molecule has 3 aromatic carbocycles. The number of carbonyl (C=O) groups excluding carboxylic acids is 2. The second-order valence-electron chi connectivity index (χ2n) is 7.66. The van der Waals surface area contributed by atoms with Crippen molar-refractivity contribution < 1.29 is 24.5 Å². The van der Waals surface area contributed by atoms with Crippen molar-refractivity contribution in [2.24, 2.45) is 0 Å². The van der Waals surface area contributed by atoms with E-state index in [4.69, 9.17) is 16.3 Å². The number of phenolic OH excluding ortho intramolecular Hbond substituents is 1. The summed E-state index contributed by atoms with van der Waals surface area (Å²) < 4.78 is 5.19. The number of aromatic hydroxyl groups is 1. The number of Topliss-reactive ketones (excluding diaryl/α,β-unsaturated/α-hetero) is 1. The number of hydrogen-bond acceptors (Lipinski definition) is 5. The van der Waals surface area contributed by atoms with Crippen LogP contribution in [0.25, 0.3) is 0 Å². The summed E-state index contributed by atoms with van der Waals surface area (Å²) in [5.74, 6) is -1.26. The highest BCUT2D eigenvalue weighted by Crippen LogP contribution is 2.43. The number of ether oxygens (including phenoxy) is 1. The van der Waals surface area contributed by atoms with Crippen molar-refractivity contribution in [3.63, 3.8) is 0 Å². The molecule has 1 amide bonds. The van der Waals surface area contributed by atoms with Crippen molar-refractivity contribution in [2.75, 3.05) is 12.0 Å². The lowest BCUT2D eigenvalue weighted by molar-refractivity contribution is -0.118. The number of anilines is 1. The van der Waals surface area contributed by atoms with Gasteiger partial charge in [0.15, 0.2) is 11.5 Å². The van der Waals surface area contributed by atoms with Gasteiger partial charge in [-0.05, 0) is 47.9 Å². The molecule has 4 rings (SSSR count). The summed E-state index contributed by atoms with van der Waals surface area (Å²) in [6.07, 6.45) is 0.578. The van der Waals surface area contributed by atoms with Crippen LogP contribution in [0.4, 0.5) is 5.69 Å². The number of carbonyl (C=O) groups is 2. The lowest BCUT2D eigenvalue weighted by Crippen LogP contribution is -2.31. The number of aryl methyl sites for hydroxylation is 1. The molecule has 3 aromatic rings. The second kappa shape index (κ2) is 9.38. The van der Waals surface area contributed by atoms with Crippen LogP contribution in [0.5, 0.6) is 11.5 Å². The average molecular weight is 464 g/mol. The molecule has 0 spiro atoms. The van der Waals surface area contributed by atoms with Crippen LogP contribution in [0.2, 0.25) is 5.02 Å². The van der Waals surface area contributed by atoms with Gasteiger partial charge < -0.3 is 14.9 Å². The fourth-order valence-corrected chi connectivity index (χ4v) is 4.26. The highest BCUT2D eigenvalue weighted by molar-refractivity contribution is 6.32. The van der Waals surface area contributed by atoms with Gasteiger partial charge in [-0.1, -0.05) is 54.1 Å². The van der Waals surface area contributed by atoms with Gasteiger partial charge in [-0.25, -0.2) is 0 Å². The SMILES string of the molecule is COc1ccc(N2C(=O)C(O)=C(C(=O)CCc3ccccc3)C2c2cccc(O)c2)cc1Cl. The van der Waals surface area contributed by atoms with Crippen LogP contribution in [-0.4, -0.2) is 29.0 Å². The predicted molar refractivity (Wildman–Crippen MR) is 126 cm³/mol. The van der Waals surface area contributed by atoms with Gasteiger partial charge in [-0.15, -0.1) is 0 Å². The van der Waals surface area contributed by atoms with Crippen LogP contribution < -0.4 is 9.64 Å². The number of halogens is 1. The smallest absolute Gasteiger partial charge is 0.294 e. The van der Waals surface area contributed by atoms with E-state index in [9.17, 15) is 19.8 Å². The van der Waals surface area contributed by atoms with Crippen molar-refractivity contribution in [2.45, 2.75) is 18.9 Å². The van der Waals surface area contributed by atoms with Gasteiger partial charge in [0.1, 0.15) is 11.5 Å². The normalized spacial score (nSPS) is 15.8. The van der Waals surface area contributed by atoms with Crippen molar-refractivity contribution in [3.05, 3.63) is 100 Å². The molecule has 2 N–H and O–H groups in total. The van der Waals surface area contributed by atoms with Gasteiger partial charge in [-0.2, -0.15) is 0 Å². The fraction of sp³-hybridized carbons (Fsp3) is 0.154. The van der Waals surface area contributed by atoms with Crippen LogP contribution >= 0.6 is 11.6 Å². The van der Waals surface area contributed by atoms with Crippen molar-refractivity contribution in [1.82, 2.24) is 0 Å². The summed E-state index contributed by atoms with van der Waals surface area (Å²) >= 11 is 6.28. The Morgan fingerprint density at radius 2 is 1.79 bits per heavy atom. The lowest BCUT2D eigenvalue weighted by atomic mass is 9.93. The van der Waals surface area contributed by atoms with Crippen LogP contribution in [0.1, 0.15) is 23.6 Å². The summed E-state index contributed by atoms with van der Waals surface area (Å²) in [5, 5.41) is 21.1. The number of amides is 1. The van der Waals surface area contributed by atoms with Crippen LogP contribution in [0.15, 0.2) is 84.1 Å². The van der Waals surface area contributed by atoms with E-state index >= 15 is 0 Å². The number of phenols is 1. The molecule has 0 saturated carbocycles. The molecule has 0 aromatic heterocycles. The molecule has 1 atom stereocenters. The van der Waals surface area contributed by atoms with Gasteiger partial charge in [-0.3, -0.25) is 14.5 Å². The zero-order valence-electron chi connectivity index (χ0n) is 17.9. The summed E-state index contributed by atoms with van der Waals surface area (Å²) in [6.45, 7) is 0. The minimum absolute atomic E-state index is 0.00604. The Morgan fingerprint density at radius 1 is 1.03 bits per heavy atom. The first-order chi connectivity index (χ1) is 15.9. The maximum absolute atomic E-state index is 13.3. The Bertz CT molecular complexity index is 1240. The molecule has 0 bridgehead atoms. The average Bonchev–Trinajstić information content (AvgIpc) is 3.08. The Balaban J connectivity index is 1.75. The molecule has 1 aliphatic heterocycles. The number of rotatable bonds is 7. The van der Waals surface area contributed by atoms with E-state index in [0.29, 0.717) is 23.4 Å². The minimum atomic E-state index is -0.919. The Hall–Kier alpha value is -3.77. The number of benzene rings is 3. The number of aliphatic hydroxyl groups is 1. The minimum Gasteiger partial charge on any atom is -0.508 e. The quantitative estimate of drug-likeness (QED) is 0.505. The van der Waals surface area contributed by atoms with Crippen LogP contribution in [-0.2, 0) is 16.0 Å². The zero-order chi connectivity index (χ0) is 23.5. The first-order valence-corrected chi connectivity index (χ1v) is 10.7. The molecule has 0 fully saturated rings. The molecule has 0 radical (unpaired) electrons. The molecule has 0 aliphatic carbocycles. The number of hydrogen-bond donors (Lipinski definition) is 2. The number of aliphatic hydroxyl groups excluding tert-OH is 1. The van der Waals surface area contributed by atoms with Gasteiger partial charge >= 0.3 is 0 Å². The lowest BCUT2D eigenvalue weighted by Gasteiger charge is -2.27. The van der Waals surface area contributed by atoms with Crippen molar-refractivity contribution >= 4 is 29.0 Å². The molecule has 168 valence electrons. The highest BCUT2D eigenvalue weighted by Gasteiger charge is 2.44. The zero-order valence-corrected chi connectivity index (χ0v) is 18.6. The molecule has 1 heterocycles. The van der Waals surface area contributed by atoms with E-state index in [-0.39, 0.29) is 28.5 Å². The Morgan fingerprint density at radius 3 is 2.45 bits per heavy atom. The van der Waals surface area contributed by atoms with Gasteiger partial charge in [0.2, 0.25) is 0 Å². The van der Waals surface area contributed by atoms with Gasteiger partial charge in [0.25, 0.3) is 5.91 Å². The highest BCUT2D eigenvalue weighted by atomic mass is 35.5. The molecular weight excluding hydrogens is 442 g/mol. The first-order valence-electron chi connectivity index (χ1n) is 10.4. The van der Waals surface area contributed by atoms with Crippen molar-refractivity contribution in [3.8, 4) is 11.5 Å². The predicted octanol–water partition coefficient (Wildman–Crippen LogP) is 5.16. The summed E-state index contributed by atoms with van der Waals surface area (Å²) in [7, 11) is 1.48. The third-order valence-electron chi connectivity index (χ3n) is 5.59. The molecule has 7 heteroatoms. The van der Waals surface area contributed by atoms with Crippen LogP contribution in [0, 0.1) is 0 Å². The van der Waals surface area contributed by atoms with E-state index in [1.54, 1.807) is 30.3 Å². The maximum atomic E-state index is 13.3. The van der Waals surface area contributed by atoms with Gasteiger partial charge in [0, 0.05) is 12.1 Å². The van der Waals surface area contributed by atoms with E-state index in [1.165, 1.54) is 24.1 Å². The third-order valence-corrected chi connectivity index (χ3v) is 5.89. The largest absolute Gasteiger partial charge is 0.508 e. The first kappa shape index (κ1) is 22.4. The van der Waals surface area contributed by atoms with Crippen LogP contribution in [0.3, 0.4) is 0 Å². The third kappa shape index (κ3) is 4.43. The molecule has 6 nitrogen and oxygen atoms in total. The number of methoxy groups -OCH3 is 1. The fourth-order valence-electron chi connectivity index (χ4n) is 4.01. The van der Waals surface area contributed by atoms with E-state index in [0.717, 1.165) is 5.56 Å². The molecule has 33 heavy (non-hydrogen) atoms. The summed E-state index contributed by atoms with van der Waals surface area (Å²) in [5.41, 5.74) is 1.84. The summed E-state index contributed by atoms with van der Waals surface area (Å²) in [6, 6.07) is 19.6. The van der Waals surface area contributed by atoms with E-state index in [1.807, 2.05) is 30.3 Å². The maximum Gasteiger partial charge on any atom is 0.294 e. The standard InChI is InChI=1S/C26H22ClNO5/c1-33-22-13-11-18(15-20(22)27)28-24(17-8-5-9-19(29)14-17)23(25(31)26(28)32)21(30)12-10-16-6-3-2-4-7-16/h2-9,11,13-15,24,29,31H,10,12H2,1H3. The molecule has 1 aliphatic rings. The molecule has 1 unspecified atom stereocenters. The Labute approximate surface area is 196 Å². The Kier molecular flexibility index (Phi) is 6.38. The second-order valence-corrected chi connectivity index (χ2v) is 8.07. The van der Waals surface area contributed by atoms with Gasteiger partial charge in [0.05, 0.1) is 23.7 Å². The number of ketones is 1. The van der Waals surface area contributed by atoms with E-state index < -0.39 is 17.7 Å². The summed E-state index contributed by atoms with van der Waals surface area (Å²) in [4.78, 5) is 27.8. The van der Waals surface area contributed by atoms with E-state index in [2.05, 4.69) is 0 Å². The van der Waals surface area contributed by atoms with Crippen molar-refractivity contribution in [1.29, 1.82) is 0 Å². The monoisotopic (exact) mass is 463 g/mol. The number of nitrogens with zero attached hydrogens (tertiary/aromatic N) is 1.